The average molecular weight is 427 g/mol. The van der Waals surface area contributed by atoms with Crippen molar-refractivity contribution in [1.29, 1.82) is 5.26 Å². The van der Waals surface area contributed by atoms with E-state index < -0.39 is 0 Å². The molecular formula is C26H22FN3O2. The molecule has 0 aliphatic heterocycles. The third-order valence-corrected chi connectivity index (χ3v) is 4.91. The standard InChI is InChI=1S/C26H22FN3O2/c1-3-31-25-13-19(8-11-24(25)32-16-18-6-4-17(2)5-7-18)12-20(15-28)26-29-22-10-9-21(27)14-23(22)30-26/h4-14H,3,16H2,1-2H3,(H,29,30)/b20-12-. The summed E-state index contributed by atoms with van der Waals surface area (Å²) in [5.41, 5.74) is 4.49. The molecule has 0 amide bonds. The molecule has 0 atom stereocenters. The van der Waals surface area contributed by atoms with Crippen LogP contribution in [-0.4, -0.2) is 16.6 Å². The van der Waals surface area contributed by atoms with Crippen LogP contribution in [0.4, 0.5) is 4.39 Å². The number of nitrogens with one attached hydrogen (secondary N) is 1. The summed E-state index contributed by atoms with van der Waals surface area (Å²) in [5.74, 6) is 1.24. The molecule has 0 bridgehead atoms. The van der Waals surface area contributed by atoms with Gasteiger partial charge >= 0.3 is 0 Å². The first-order valence-corrected chi connectivity index (χ1v) is 10.3. The summed E-state index contributed by atoms with van der Waals surface area (Å²) >= 11 is 0. The second-order valence-electron chi connectivity index (χ2n) is 7.33. The number of fused-ring (bicyclic) bond motifs is 1. The molecule has 3 aromatic carbocycles. The highest BCUT2D eigenvalue weighted by molar-refractivity contribution is 5.90. The predicted octanol–water partition coefficient (Wildman–Crippen LogP) is 6.05. The van der Waals surface area contributed by atoms with E-state index in [9.17, 15) is 9.65 Å². The van der Waals surface area contributed by atoms with Gasteiger partial charge in [0.1, 0.15) is 24.3 Å². The van der Waals surface area contributed by atoms with Crippen LogP contribution >= 0.6 is 0 Å². The summed E-state index contributed by atoms with van der Waals surface area (Å²) in [5, 5.41) is 9.67. The molecule has 1 N–H and O–H groups in total. The molecule has 0 spiro atoms. The fourth-order valence-corrected chi connectivity index (χ4v) is 3.28. The fourth-order valence-electron chi connectivity index (χ4n) is 3.28. The van der Waals surface area contributed by atoms with Crippen LogP contribution in [0.5, 0.6) is 11.5 Å². The molecule has 5 nitrogen and oxygen atoms in total. The summed E-state index contributed by atoms with van der Waals surface area (Å²) in [6.07, 6.45) is 1.71. The minimum atomic E-state index is -0.363. The highest BCUT2D eigenvalue weighted by atomic mass is 19.1. The number of benzene rings is 3. The molecule has 1 heterocycles. The largest absolute Gasteiger partial charge is 0.490 e. The Morgan fingerprint density at radius 1 is 1.06 bits per heavy atom. The Kier molecular flexibility index (Phi) is 6.18. The quantitative estimate of drug-likeness (QED) is 0.364. The number of rotatable bonds is 7. The molecule has 1 aromatic heterocycles. The van der Waals surface area contributed by atoms with Crippen molar-refractivity contribution in [2.45, 2.75) is 20.5 Å². The molecular weight excluding hydrogens is 405 g/mol. The maximum absolute atomic E-state index is 13.5. The van der Waals surface area contributed by atoms with Crippen LogP contribution in [0.2, 0.25) is 0 Å². The molecule has 0 aliphatic carbocycles. The summed E-state index contributed by atoms with van der Waals surface area (Å²) in [4.78, 5) is 7.40. The first kappa shape index (κ1) is 21.1. The van der Waals surface area contributed by atoms with E-state index >= 15 is 0 Å². The zero-order valence-corrected chi connectivity index (χ0v) is 17.9. The fraction of sp³-hybridized carbons (Fsp3) is 0.154. The van der Waals surface area contributed by atoms with Crippen LogP contribution in [0.25, 0.3) is 22.7 Å². The molecule has 0 fully saturated rings. The Bertz CT molecular complexity index is 1320. The van der Waals surface area contributed by atoms with E-state index in [0.29, 0.717) is 47.1 Å². The van der Waals surface area contributed by atoms with Gasteiger partial charge in [0, 0.05) is 0 Å². The zero-order chi connectivity index (χ0) is 22.5. The average Bonchev–Trinajstić information content (AvgIpc) is 3.21. The number of imidazole rings is 1. The monoisotopic (exact) mass is 427 g/mol. The Morgan fingerprint density at radius 3 is 2.62 bits per heavy atom. The highest BCUT2D eigenvalue weighted by Gasteiger charge is 2.11. The first-order valence-electron chi connectivity index (χ1n) is 10.3. The number of aromatic nitrogens is 2. The van der Waals surface area contributed by atoms with E-state index in [1.54, 1.807) is 12.1 Å². The molecule has 0 saturated carbocycles. The number of H-pyrrole nitrogens is 1. The molecule has 4 aromatic rings. The van der Waals surface area contributed by atoms with Crippen LogP contribution in [0.1, 0.15) is 29.4 Å². The third-order valence-electron chi connectivity index (χ3n) is 4.91. The predicted molar refractivity (Wildman–Crippen MR) is 123 cm³/mol. The minimum Gasteiger partial charge on any atom is -0.490 e. The number of halogens is 1. The third kappa shape index (κ3) is 4.79. The van der Waals surface area contributed by atoms with E-state index in [2.05, 4.69) is 16.0 Å². The lowest BCUT2D eigenvalue weighted by molar-refractivity contribution is 0.269. The molecule has 160 valence electrons. The Hall–Kier alpha value is -4.11. The van der Waals surface area contributed by atoms with Gasteiger partial charge in [0.2, 0.25) is 0 Å². The van der Waals surface area contributed by atoms with Crippen LogP contribution in [0.15, 0.2) is 60.7 Å². The molecule has 0 saturated heterocycles. The van der Waals surface area contributed by atoms with Gasteiger partial charge in [0.15, 0.2) is 11.5 Å². The molecule has 0 unspecified atom stereocenters. The Morgan fingerprint density at radius 2 is 1.88 bits per heavy atom. The van der Waals surface area contributed by atoms with E-state index in [0.717, 1.165) is 11.1 Å². The van der Waals surface area contributed by atoms with Crippen molar-refractivity contribution < 1.29 is 13.9 Å². The van der Waals surface area contributed by atoms with E-state index in [1.165, 1.54) is 17.7 Å². The summed E-state index contributed by atoms with van der Waals surface area (Å²) < 4.78 is 25.2. The van der Waals surface area contributed by atoms with Gasteiger partial charge in [0.05, 0.1) is 23.2 Å². The van der Waals surface area contributed by atoms with Gasteiger partial charge in [-0.3, -0.25) is 0 Å². The lowest BCUT2D eigenvalue weighted by atomic mass is 10.1. The normalized spacial score (nSPS) is 11.4. The lowest BCUT2D eigenvalue weighted by Crippen LogP contribution is -2.00. The number of nitrogens with zero attached hydrogens (tertiary/aromatic N) is 2. The summed E-state index contributed by atoms with van der Waals surface area (Å²) in [7, 11) is 0. The van der Waals surface area contributed by atoms with Gasteiger partial charge in [-0.25, -0.2) is 9.37 Å². The first-order chi connectivity index (χ1) is 15.6. The molecule has 4 rings (SSSR count). The number of nitriles is 1. The minimum absolute atomic E-state index is 0.331. The summed E-state index contributed by atoms with van der Waals surface area (Å²) in [6.45, 7) is 4.85. The van der Waals surface area contributed by atoms with E-state index in [4.69, 9.17) is 9.47 Å². The Balaban J connectivity index is 1.60. The topological polar surface area (TPSA) is 70.9 Å². The van der Waals surface area contributed by atoms with Crippen LogP contribution < -0.4 is 9.47 Å². The molecule has 6 heteroatoms. The van der Waals surface area contributed by atoms with Crippen molar-refractivity contribution in [2.24, 2.45) is 0 Å². The number of hydrogen-bond donors (Lipinski definition) is 1. The maximum Gasteiger partial charge on any atom is 0.161 e. The van der Waals surface area contributed by atoms with E-state index in [1.807, 2.05) is 56.3 Å². The van der Waals surface area contributed by atoms with Gasteiger partial charge in [-0.15, -0.1) is 0 Å². The maximum atomic E-state index is 13.5. The van der Waals surface area contributed by atoms with Crippen LogP contribution in [0.3, 0.4) is 0 Å². The van der Waals surface area contributed by atoms with Crippen molar-refractivity contribution in [2.75, 3.05) is 6.61 Å². The number of aromatic amines is 1. The van der Waals surface area contributed by atoms with Crippen molar-refractivity contribution in [1.82, 2.24) is 9.97 Å². The zero-order valence-electron chi connectivity index (χ0n) is 17.9. The smallest absolute Gasteiger partial charge is 0.161 e. The van der Waals surface area contributed by atoms with E-state index in [-0.39, 0.29) is 5.82 Å². The van der Waals surface area contributed by atoms with Gasteiger partial charge < -0.3 is 14.5 Å². The lowest BCUT2D eigenvalue weighted by Gasteiger charge is -2.13. The molecule has 0 aliphatic rings. The molecule has 0 radical (unpaired) electrons. The second kappa shape index (κ2) is 9.36. The Labute approximate surface area is 185 Å². The highest BCUT2D eigenvalue weighted by Crippen LogP contribution is 2.31. The van der Waals surface area contributed by atoms with Gasteiger partial charge in [-0.05, 0) is 61.4 Å². The number of hydrogen-bond acceptors (Lipinski definition) is 4. The second-order valence-corrected chi connectivity index (χ2v) is 7.33. The number of allylic oxidation sites excluding steroid dienone is 1. The van der Waals surface area contributed by atoms with Crippen LogP contribution in [0, 0.1) is 24.1 Å². The van der Waals surface area contributed by atoms with Crippen LogP contribution in [-0.2, 0) is 6.61 Å². The van der Waals surface area contributed by atoms with Crippen molar-refractivity contribution >= 4 is 22.7 Å². The van der Waals surface area contributed by atoms with Crippen molar-refractivity contribution in [3.05, 3.63) is 89.0 Å². The SMILES string of the molecule is CCOc1cc(/C=C(/C#N)c2nc3ccc(F)cc3[nH]2)ccc1OCc1ccc(C)cc1. The molecule has 32 heavy (non-hydrogen) atoms. The number of aryl methyl sites for hydroxylation is 1. The van der Waals surface area contributed by atoms with Gasteiger partial charge in [0.25, 0.3) is 0 Å². The summed E-state index contributed by atoms with van der Waals surface area (Å²) in [6, 6.07) is 20.1. The van der Waals surface area contributed by atoms with Crippen molar-refractivity contribution in [3.8, 4) is 17.6 Å². The number of ether oxygens (including phenoxy) is 2. The van der Waals surface area contributed by atoms with Crippen molar-refractivity contribution in [3.63, 3.8) is 0 Å². The van der Waals surface area contributed by atoms with Gasteiger partial charge in [-0.1, -0.05) is 35.9 Å². The van der Waals surface area contributed by atoms with Gasteiger partial charge in [-0.2, -0.15) is 5.26 Å².